The summed E-state index contributed by atoms with van der Waals surface area (Å²) in [6, 6.07) is 25.9. The second kappa shape index (κ2) is 9.36. The maximum absolute atomic E-state index is 12.9. The summed E-state index contributed by atoms with van der Waals surface area (Å²) in [5.41, 5.74) is 7.82. The van der Waals surface area contributed by atoms with E-state index in [4.69, 9.17) is 11.6 Å². The minimum absolute atomic E-state index is 0.121. The molecule has 3 heterocycles. The summed E-state index contributed by atoms with van der Waals surface area (Å²) >= 11 is 6.15. The van der Waals surface area contributed by atoms with Crippen molar-refractivity contribution < 1.29 is 4.79 Å². The zero-order valence-corrected chi connectivity index (χ0v) is 20.1. The number of aromatic amines is 2. The normalized spacial score (nSPS) is 11.2. The topological polar surface area (TPSA) is 73.6 Å². The molecule has 0 radical (unpaired) electrons. The van der Waals surface area contributed by atoms with Crippen molar-refractivity contribution in [3.63, 3.8) is 0 Å². The summed E-state index contributed by atoms with van der Waals surface area (Å²) in [5.74, 6) is -0.121. The number of fused-ring (bicyclic) bond motifs is 2. The van der Waals surface area contributed by atoms with Gasteiger partial charge in [0.15, 0.2) is 0 Å². The zero-order valence-electron chi connectivity index (χ0n) is 19.4. The molecule has 1 amide bonds. The van der Waals surface area contributed by atoms with Gasteiger partial charge < -0.3 is 15.3 Å². The van der Waals surface area contributed by atoms with Crippen LogP contribution in [0.15, 0.2) is 97.5 Å². The Morgan fingerprint density at radius 1 is 0.833 bits per heavy atom. The minimum atomic E-state index is -0.121. The number of benzene rings is 3. The van der Waals surface area contributed by atoms with Crippen LogP contribution in [-0.2, 0) is 6.42 Å². The SMILES string of the molecule is O=C(NCCc1c[nH]c2ccc(Cl)cc12)c1ccnc(-c2ccc3[nH]cc(-c4ccccc4)c3c2)c1. The van der Waals surface area contributed by atoms with E-state index in [-0.39, 0.29) is 5.91 Å². The van der Waals surface area contributed by atoms with Crippen LogP contribution >= 0.6 is 11.6 Å². The first-order valence-corrected chi connectivity index (χ1v) is 12.2. The van der Waals surface area contributed by atoms with Crippen molar-refractivity contribution in [3.8, 4) is 22.4 Å². The van der Waals surface area contributed by atoms with Gasteiger partial charge in [-0.3, -0.25) is 9.78 Å². The molecule has 0 aliphatic rings. The second-order valence-electron chi connectivity index (χ2n) is 8.77. The van der Waals surface area contributed by atoms with Gasteiger partial charge in [0.05, 0.1) is 5.69 Å². The first kappa shape index (κ1) is 22.1. The molecule has 0 atom stereocenters. The summed E-state index contributed by atoms with van der Waals surface area (Å²) in [4.78, 5) is 24.1. The zero-order chi connectivity index (χ0) is 24.5. The molecule has 36 heavy (non-hydrogen) atoms. The standard InChI is InChI=1S/C30H23ClN4O/c31-23-7-9-27-24(16-23)22(17-34-27)11-13-33-30(36)21-10-12-32-29(15-21)20-6-8-28-25(14-20)26(18-35-28)19-4-2-1-3-5-19/h1-10,12,14-18,34-35H,11,13H2,(H,33,36). The third-order valence-corrected chi connectivity index (χ3v) is 6.73. The number of carbonyl (C=O) groups is 1. The van der Waals surface area contributed by atoms with E-state index < -0.39 is 0 Å². The molecule has 0 aliphatic heterocycles. The lowest BCUT2D eigenvalue weighted by Crippen LogP contribution is -2.25. The van der Waals surface area contributed by atoms with Crippen molar-refractivity contribution >= 4 is 39.3 Å². The number of amides is 1. The number of nitrogens with one attached hydrogen (secondary N) is 3. The van der Waals surface area contributed by atoms with Crippen molar-refractivity contribution in [2.45, 2.75) is 6.42 Å². The summed E-state index contributed by atoms with van der Waals surface area (Å²) in [6.07, 6.45) is 6.39. The van der Waals surface area contributed by atoms with Crippen LogP contribution < -0.4 is 5.32 Å². The van der Waals surface area contributed by atoms with E-state index in [9.17, 15) is 4.79 Å². The molecule has 0 fully saturated rings. The van der Waals surface area contributed by atoms with Gasteiger partial charge in [0.25, 0.3) is 5.91 Å². The Hall–Kier alpha value is -4.35. The molecular formula is C30H23ClN4O. The van der Waals surface area contributed by atoms with Crippen molar-refractivity contribution in [3.05, 3.63) is 114 Å². The Morgan fingerprint density at radius 2 is 1.64 bits per heavy atom. The Labute approximate surface area is 213 Å². The van der Waals surface area contributed by atoms with Crippen molar-refractivity contribution in [2.24, 2.45) is 0 Å². The van der Waals surface area contributed by atoms with Crippen LogP contribution in [0.4, 0.5) is 0 Å². The molecule has 5 nitrogen and oxygen atoms in total. The van der Waals surface area contributed by atoms with Crippen molar-refractivity contribution in [1.29, 1.82) is 0 Å². The van der Waals surface area contributed by atoms with Gasteiger partial charge in [-0.1, -0.05) is 48.0 Å². The molecule has 0 unspecified atom stereocenters. The van der Waals surface area contributed by atoms with Gasteiger partial charge in [-0.15, -0.1) is 0 Å². The summed E-state index contributed by atoms with van der Waals surface area (Å²) < 4.78 is 0. The Kier molecular flexibility index (Phi) is 5.76. The van der Waals surface area contributed by atoms with E-state index in [1.54, 1.807) is 12.3 Å². The molecule has 0 saturated carbocycles. The highest BCUT2D eigenvalue weighted by Gasteiger charge is 2.12. The maximum atomic E-state index is 12.9. The fourth-order valence-electron chi connectivity index (χ4n) is 4.64. The van der Waals surface area contributed by atoms with Gasteiger partial charge in [-0.25, -0.2) is 0 Å². The van der Waals surface area contributed by atoms with Gasteiger partial charge in [-0.2, -0.15) is 0 Å². The second-order valence-corrected chi connectivity index (χ2v) is 9.20. The number of pyridine rings is 1. The predicted molar refractivity (Wildman–Crippen MR) is 146 cm³/mol. The quantitative estimate of drug-likeness (QED) is 0.235. The number of hydrogen-bond donors (Lipinski definition) is 3. The predicted octanol–water partition coefficient (Wildman–Crippen LogP) is 7.00. The molecule has 6 aromatic rings. The molecule has 0 aliphatic carbocycles. The lowest BCUT2D eigenvalue weighted by atomic mass is 10.0. The molecule has 6 rings (SSSR count). The Balaban J connectivity index is 1.20. The third-order valence-electron chi connectivity index (χ3n) is 6.49. The van der Waals surface area contributed by atoms with Crippen molar-refractivity contribution in [2.75, 3.05) is 6.54 Å². The smallest absolute Gasteiger partial charge is 0.251 e. The Bertz CT molecular complexity index is 1700. The molecule has 3 aromatic carbocycles. The highest BCUT2D eigenvalue weighted by Crippen LogP contribution is 2.31. The average molecular weight is 491 g/mol. The fraction of sp³-hybridized carbons (Fsp3) is 0.0667. The molecular weight excluding hydrogens is 468 g/mol. The molecule has 0 saturated heterocycles. The lowest BCUT2D eigenvalue weighted by molar-refractivity contribution is 0.0954. The fourth-order valence-corrected chi connectivity index (χ4v) is 4.81. The first-order chi connectivity index (χ1) is 17.7. The van der Waals surface area contributed by atoms with Crippen LogP contribution in [0.2, 0.25) is 5.02 Å². The van der Waals surface area contributed by atoms with Crippen LogP contribution in [0.25, 0.3) is 44.2 Å². The van der Waals surface area contributed by atoms with Crippen molar-refractivity contribution in [1.82, 2.24) is 20.3 Å². The molecule has 0 spiro atoms. The number of halogens is 1. The third kappa shape index (κ3) is 4.25. The van der Waals surface area contributed by atoms with E-state index in [2.05, 4.69) is 44.5 Å². The van der Waals surface area contributed by atoms with Crippen LogP contribution in [0, 0.1) is 0 Å². The number of carbonyl (C=O) groups excluding carboxylic acids is 1. The van der Waals surface area contributed by atoms with Crippen LogP contribution in [-0.4, -0.2) is 27.4 Å². The highest BCUT2D eigenvalue weighted by molar-refractivity contribution is 6.31. The van der Waals surface area contributed by atoms with Crippen LogP contribution in [0.3, 0.4) is 0 Å². The van der Waals surface area contributed by atoms with Gasteiger partial charge in [0.1, 0.15) is 0 Å². The maximum Gasteiger partial charge on any atom is 0.251 e. The summed E-state index contributed by atoms with van der Waals surface area (Å²) in [6.45, 7) is 0.520. The highest BCUT2D eigenvalue weighted by atomic mass is 35.5. The van der Waals surface area contributed by atoms with Crippen LogP contribution in [0.1, 0.15) is 15.9 Å². The van der Waals surface area contributed by atoms with Gasteiger partial charge in [0, 0.05) is 68.7 Å². The largest absolute Gasteiger partial charge is 0.361 e. The number of aromatic nitrogens is 3. The lowest BCUT2D eigenvalue weighted by Gasteiger charge is -2.08. The molecule has 3 N–H and O–H groups in total. The number of H-pyrrole nitrogens is 2. The van der Waals surface area contributed by atoms with E-state index in [1.807, 2.05) is 60.9 Å². The van der Waals surface area contributed by atoms with E-state index in [1.165, 1.54) is 0 Å². The van der Waals surface area contributed by atoms with E-state index in [0.29, 0.717) is 23.6 Å². The number of nitrogens with zero attached hydrogens (tertiary/aromatic N) is 1. The monoisotopic (exact) mass is 490 g/mol. The van der Waals surface area contributed by atoms with E-state index in [0.717, 1.165) is 49.8 Å². The molecule has 3 aromatic heterocycles. The molecule has 176 valence electrons. The summed E-state index contributed by atoms with van der Waals surface area (Å²) in [5, 5.41) is 5.93. The Morgan fingerprint density at radius 3 is 2.53 bits per heavy atom. The number of rotatable bonds is 6. The minimum Gasteiger partial charge on any atom is -0.361 e. The van der Waals surface area contributed by atoms with Gasteiger partial charge >= 0.3 is 0 Å². The number of hydrogen-bond acceptors (Lipinski definition) is 2. The van der Waals surface area contributed by atoms with Crippen LogP contribution in [0.5, 0.6) is 0 Å². The first-order valence-electron chi connectivity index (χ1n) is 11.8. The average Bonchev–Trinajstić information content (AvgIpc) is 3.53. The summed E-state index contributed by atoms with van der Waals surface area (Å²) in [7, 11) is 0. The van der Waals surface area contributed by atoms with E-state index >= 15 is 0 Å². The van der Waals surface area contributed by atoms with Gasteiger partial charge in [0.2, 0.25) is 0 Å². The molecule has 6 heteroatoms. The van der Waals surface area contributed by atoms with Gasteiger partial charge in [-0.05, 0) is 60.0 Å². The molecule has 0 bridgehead atoms.